The van der Waals surface area contributed by atoms with Gasteiger partial charge in [0.15, 0.2) is 11.6 Å². The van der Waals surface area contributed by atoms with Gasteiger partial charge in [-0.3, -0.25) is 9.10 Å². The summed E-state index contributed by atoms with van der Waals surface area (Å²) in [5, 5.41) is 0. The Bertz CT molecular complexity index is 674. The molecule has 1 saturated heterocycles. The van der Waals surface area contributed by atoms with Gasteiger partial charge in [0.05, 0.1) is 6.26 Å². The zero-order chi connectivity index (χ0) is 17.2. The van der Waals surface area contributed by atoms with Gasteiger partial charge in [-0.25, -0.2) is 17.2 Å². The summed E-state index contributed by atoms with van der Waals surface area (Å²) < 4.78 is 52.2. The second-order valence-corrected chi connectivity index (χ2v) is 7.83. The molecule has 1 aliphatic rings. The summed E-state index contributed by atoms with van der Waals surface area (Å²) in [6.45, 7) is 2.45. The fourth-order valence-corrected chi connectivity index (χ4v) is 3.58. The first-order chi connectivity index (χ1) is 10.7. The lowest BCUT2D eigenvalue weighted by Gasteiger charge is -2.33. The van der Waals surface area contributed by atoms with E-state index in [-0.39, 0.29) is 0 Å². The van der Waals surface area contributed by atoms with E-state index in [4.69, 9.17) is 0 Å². The van der Waals surface area contributed by atoms with Crippen LogP contribution in [0.5, 0.6) is 0 Å². The number of hydrogen-bond acceptors (Lipinski definition) is 3. The summed E-state index contributed by atoms with van der Waals surface area (Å²) in [6.07, 6.45) is 2.66. The Morgan fingerprint density at radius 3 is 2.48 bits per heavy atom. The van der Waals surface area contributed by atoms with Gasteiger partial charge in [-0.15, -0.1) is 0 Å². The van der Waals surface area contributed by atoms with E-state index < -0.39 is 39.8 Å². The van der Waals surface area contributed by atoms with Crippen molar-refractivity contribution in [1.29, 1.82) is 0 Å². The minimum absolute atomic E-state index is 0.324. The van der Waals surface area contributed by atoms with Crippen LogP contribution < -0.4 is 4.31 Å². The highest BCUT2D eigenvalue weighted by Gasteiger charge is 2.29. The topological polar surface area (TPSA) is 57.7 Å². The molecule has 8 heteroatoms. The number of anilines is 1. The summed E-state index contributed by atoms with van der Waals surface area (Å²) in [7, 11) is -4.00. The maximum Gasteiger partial charge on any atom is 0.243 e. The number of halogens is 2. The molecule has 2 rings (SSSR count). The third-order valence-electron chi connectivity index (χ3n) is 3.88. The van der Waals surface area contributed by atoms with Gasteiger partial charge < -0.3 is 4.90 Å². The molecule has 1 amide bonds. The molecule has 0 aromatic heterocycles. The average Bonchev–Trinajstić information content (AvgIpc) is 2.44. The molecule has 1 unspecified atom stereocenters. The van der Waals surface area contributed by atoms with Crippen molar-refractivity contribution in [3.8, 4) is 0 Å². The molecule has 1 atom stereocenters. The fraction of sp³-hybridized carbons (Fsp3) is 0.533. The average molecular weight is 346 g/mol. The van der Waals surface area contributed by atoms with Gasteiger partial charge in [-0.1, -0.05) is 13.0 Å². The highest BCUT2D eigenvalue weighted by Crippen LogP contribution is 2.26. The summed E-state index contributed by atoms with van der Waals surface area (Å²) in [5.74, 6) is -2.17. The Balaban J connectivity index is 2.29. The van der Waals surface area contributed by atoms with Crippen molar-refractivity contribution < 1.29 is 22.0 Å². The van der Waals surface area contributed by atoms with E-state index in [1.807, 2.05) is 6.92 Å². The lowest BCUT2D eigenvalue weighted by atomic mass is 10.0. The number of para-hydroxylation sites is 1. The van der Waals surface area contributed by atoms with Crippen LogP contribution in [-0.4, -0.2) is 45.1 Å². The van der Waals surface area contributed by atoms with Gasteiger partial charge in [0, 0.05) is 13.1 Å². The van der Waals surface area contributed by atoms with Crippen molar-refractivity contribution in [2.45, 2.75) is 19.8 Å². The zero-order valence-corrected chi connectivity index (χ0v) is 13.9. The molecule has 1 fully saturated rings. The van der Waals surface area contributed by atoms with Gasteiger partial charge in [-0.2, -0.15) is 0 Å². The van der Waals surface area contributed by atoms with Gasteiger partial charge in [0.25, 0.3) is 0 Å². The second kappa shape index (κ2) is 6.82. The third kappa shape index (κ3) is 4.19. The molecule has 1 heterocycles. The summed E-state index contributed by atoms with van der Waals surface area (Å²) >= 11 is 0. The van der Waals surface area contributed by atoms with E-state index in [2.05, 4.69) is 0 Å². The van der Waals surface area contributed by atoms with Crippen LogP contribution in [0.1, 0.15) is 19.8 Å². The van der Waals surface area contributed by atoms with Crippen molar-refractivity contribution in [3.63, 3.8) is 0 Å². The number of carbonyl (C=O) groups is 1. The number of nitrogens with zero attached hydrogens (tertiary/aromatic N) is 2. The van der Waals surface area contributed by atoms with Crippen molar-refractivity contribution >= 4 is 21.6 Å². The van der Waals surface area contributed by atoms with Crippen LogP contribution in [0.4, 0.5) is 14.5 Å². The molecule has 0 saturated carbocycles. The smallest absolute Gasteiger partial charge is 0.243 e. The fourth-order valence-electron chi connectivity index (χ4n) is 2.73. The van der Waals surface area contributed by atoms with Crippen LogP contribution in [0.15, 0.2) is 18.2 Å². The number of carbonyl (C=O) groups excluding carboxylic acids is 1. The first-order valence-corrected chi connectivity index (χ1v) is 9.24. The third-order valence-corrected chi connectivity index (χ3v) is 4.99. The van der Waals surface area contributed by atoms with Gasteiger partial charge in [0.1, 0.15) is 12.2 Å². The number of benzene rings is 1. The van der Waals surface area contributed by atoms with Crippen molar-refractivity contribution in [2.24, 2.45) is 5.92 Å². The Kier molecular flexibility index (Phi) is 5.23. The summed E-state index contributed by atoms with van der Waals surface area (Å²) in [6, 6.07) is 3.07. The number of rotatable bonds is 4. The predicted octanol–water partition coefficient (Wildman–Crippen LogP) is 1.99. The molecule has 0 bridgehead atoms. The standard InChI is InChI=1S/C15H20F2N2O3S/c1-11-5-4-8-18(9-11)14(20)10-19(23(2,21)22)15-12(16)6-3-7-13(15)17/h3,6-7,11H,4-5,8-10H2,1-2H3. The molecular weight excluding hydrogens is 326 g/mol. The Labute approximate surface area is 134 Å². The molecule has 0 aliphatic carbocycles. The SMILES string of the molecule is CC1CCCN(C(=O)CN(c2c(F)cccc2F)S(C)(=O)=O)C1. The van der Waals surface area contributed by atoms with Gasteiger partial charge >= 0.3 is 0 Å². The van der Waals surface area contributed by atoms with E-state index >= 15 is 0 Å². The largest absolute Gasteiger partial charge is 0.341 e. The molecule has 0 N–H and O–H groups in total. The molecular formula is C15H20F2N2O3S. The number of likely N-dealkylation sites (tertiary alicyclic amines) is 1. The van der Waals surface area contributed by atoms with Gasteiger partial charge in [0.2, 0.25) is 15.9 Å². The summed E-state index contributed by atoms with van der Waals surface area (Å²) in [4.78, 5) is 13.9. The molecule has 128 valence electrons. The van der Waals surface area contributed by atoms with Crippen LogP contribution in [-0.2, 0) is 14.8 Å². The predicted molar refractivity (Wildman–Crippen MR) is 83.5 cm³/mol. The minimum atomic E-state index is -4.00. The number of hydrogen-bond donors (Lipinski definition) is 0. The van der Waals surface area contributed by atoms with Crippen LogP contribution >= 0.6 is 0 Å². The Morgan fingerprint density at radius 2 is 1.96 bits per heavy atom. The van der Waals surface area contributed by atoms with Crippen LogP contribution in [0.3, 0.4) is 0 Å². The van der Waals surface area contributed by atoms with E-state index in [0.717, 1.165) is 37.3 Å². The van der Waals surface area contributed by atoms with E-state index in [1.54, 1.807) is 4.90 Å². The lowest BCUT2D eigenvalue weighted by molar-refractivity contribution is -0.131. The van der Waals surface area contributed by atoms with E-state index in [9.17, 15) is 22.0 Å². The van der Waals surface area contributed by atoms with Crippen LogP contribution in [0.2, 0.25) is 0 Å². The quantitative estimate of drug-likeness (QED) is 0.838. The molecule has 0 spiro atoms. The first-order valence-electron chi connectivity index (χ1n) is 7.39. The molecule has 5 nitrogen and oxygen atoms in total. The number of sulfonamides is 1. The number of piperidine rings is 1. The van der Waals surface area contributed by atoms with Crippen molar-refractivity contribution in [3.05, 3.63) is 29.8 Å². The van der Waals surface area contributed by atoms with Gasteiger partial charge in [-0.05, 0) is 30.9 Å². The molecule has 23 heavy (non-hydrogen) atoms. The van der Waals surface area contributed by atoms with Crippen molar-refractivity contribution in [2.75, 3.05) is 30.2 Å². The second-order valence-electron chi connectivity index (χ2n) is 5.93. The van der Waals surface area contributed by atoms with Crippen LogP contribution in [0, 0.1) is 17.6 Å². The molecule has 1 aromatic carbocycles. The number of amides is 1. The highest BCUT2D eigenvalue weighted by molar-refractivity contribution is 7.92. The van der Waals surface area contributed by atoms with E-state index in [0.29, 0.717) is 23.3 Å². The monoisotopic (exact) mass is 346 g/mol. The highest BCUT2D eigenvalue weighted by atomic mass is 32.2. The van der Waals surface area contributed by atoms with Crippen molar-refractivity contribution in [1.82, 2.24) is 4.90 Å². The van der Waals surface area contributed by atoms with E-state index in [1.165, 1.54) is 0 Å². The summed E-state index contributed by atoms with van der Waals surface area (Å²) in [5.41, 5.74) is -0.714. The molecule has 1 aromatic rings. The maximum atomic E-state index is 13.9. The Morgan fingerprint density at radius 1 is 1.35 bits per heavy atom. The minimum Gasteiger partial charge on any atom is -0.341 e. The first kappa shape index (κ1) is 17.7. The Hall–Kier alpha value is -1.70. The van der Waals surface area contributed by atoms with Crippen LogP contribution in [0.25, 0.3) is 0 Å². The molecule has 0 radical (unpaired) electrons. The normalized spacial score (nSPS) is 18.8. The maximum absolute atomic E-state index is 13.9. The molecule has 1 aliphatic heterocycles. The lowest BCUT2D eigenvalue weighted by Crippen LogP contribution is -2.46. The zero-order valence-electron chi connectivity index (χ0n) is 13.1.